The lowest BCUT2D eigenvalue weighted by Gasteiger charge is -2.16. The number of rotatable bonds is 4. The third-order valence-corrected chi connectivity index (χ3v) is 5.73. The Morgan fingerprint density at radius 3 is 2.94 bits per heavy atom. The molecule has 0 spiro atoms. The molecule has 2 aliphatic rings. The number of hydrogen-bond donors (Lipinski definition) is 5. The number of aliphatic hydroxyl groups excluding tert-OH is 3. The molecule has 0 saturated carbocycles. The van der Waals surface area contributed by atoms with Crippen molar-refractivity contribution in [3.8, 4) is 11.8 Å². The van der Waals surface area contributed by atoms with Crippen LogP contribution in [0.1, 0.15) is 44.2 Å². The highest BCUT2D eigenvalue weighted by Gasteiger charge is 2.44. The first-order chi connectivity index (χ1) is 16.5. The maximum Gasteiger partial charge on any atom is 0.408 e. The van der Waals surface area contributed by atoms with Gasteiger partial charge in [0.25, 0.3) is 0 Å². The zero-order valence-corrected chi connectivity index (χ0v) is 18.5. The van der Waals surface area contributed by atoms with Crippen LogP contribution >= 0.6 is 0 Å². The van der Waals surface area contributed by atoms with Crippen molar-refractivity contribution in [3.63, 3.8) is 0 Å². The van der Waals surface area contributed by atoms with E-state index in [4.69, 9.17) is 15.2 Å². The Balaban J connectivity index is 1.42. The number of fused-ring (bicyclic) bond motifs is 1. The predicted molar refractivity (Wildman–Crippen MR) is 120 cm³/mol. The number of hydrogen-bond acceptors (Lipinski definition) is 10. The Labute approximate surface area is 195 Å². The van der Waals surface area contributed by atoms with Crippen LogP contribution in [0.2, 0.25) is 0 Å². The minimum absolute atomic E-state index is 0.0185. The highest BCUT2D eigenvalue weighted by molar-refractivity contribution is 5.82. The first-order valence-corrected chi connectivity index (χ1v) is 11.2. The van der Waals surface area contributed by atoms with E-state index in [1.807, 2.05) is 12.2 Å². The van der Waals surface area contributed by atoms with E-state index in [1.165, 1.54) is 10.9 Å². The summed E-state index contributed by atoms with van der Waals surface area (Å²) >= 11 is 0. The SMILES string of the molecule is Nc1nc(C#CCNC(=O)OC2/C=C/CCCCC2)nc2c1ncn2C1OC(CO)C(O)C1O. The Bertz CT molecular complexity index is 1110. The molecule has 0 aromatic carbocycles. The summed E-state index contributed by atoms with van der Waals surface area (Å²) in [7, 11) is 0. The molecule has 1 fully saturated rings. The summed E-state index contributed by atoms with van der Waals surface area (Å²) in [6.45, 7) is -0.438. The number of amides is 1. The molecular weight excluding hydrogens is 444 g/mol. The predicted octanol–water partition coefficient (Wildman–Crippen LogP) is -0.0134. The number of nitrogen functional groups attached to an aromatic ring is 1. The van der Waals surface area contributed by atoms with Gasteiger partial charge in [-0.15, -0.1) is 0 Å². The Hall–Kier alpha value is -3.24. The average molecular weight is 473 g/mol. The number of carbonyl (C=O) groups is 1. The normalized spacial score (nSPS) is 27.9. The summed E-state index contributed by atoms with van der Waals surface area (Å²) in [6, 6.07) is 0. The molecule has 1 aliphatic heterocycles. The van der Waals surface area contributed by atoms with E-state index in [2.05, 4.69) is 32.1 Å². The third-order valence-electron chi connectivity index (χ3n) is 5.73. The van der Waals surface area contributed by atoms with Crippen LogP contribution in [0.5, 0.6) is 0 Å². The maximum atomic E-state index is 12.0. The summed E-state index contributed by atoms with van der Waals surface area (Å²) in [6.07, 6.45) is 5.08. The molecule has 2 aromatic rings. The van der Waals surface area contributed by atoms with E-state index in [-0.39, 0.29) is 35.5 Å². The summed E-state index contributed by atoms with van der Waals surface area (Å²) in [4.78, 5) is 24.6. The summed E-state index contributed by atoms with van der Waals surface area (Å²) < 4.78 is 12.4. The Morgan fingerprint density at radius 2 is 2.15 bits per heavy atom. The molecule has 182 valence electrons. The first-order valence-electron chi connectivity index (χ1n) is 11.2. The molecule has 12 nitrogen and oxygen atoms in total. The van der Waals surface area contributed by atoms with Crippen molar-refractivity contribution in [2.75, 3.05) is 18.9 Å². The van der Waals surface area contributed by atoms with Crippen molar-refractivity contribution in [2.24, 2.45) is 0 Å². The molecule has 2 aromatic heterocycles. The van der Waals surface area contributed by atoms with Crippen molar-refractivity contribution in [3.05, 3.63) is 24.3 Å². The van der Waals surface area contributed by atoms with Crippen LogP contribution in [-0.4, -0.2) is 78.5 Å². The van der Waals surface area contributed by atoms with Crippen LogP contribution < -0.4 is 11.1 Å². The molecule has 5 atom stereocenters. The molecule has 34 heavy (non-hydrogen) atoms. The minimum atomic E-state index is -1.30. The second-order valence-electron chi connectivity index (χ2n) is 8.15. The van der Waals surface area contributed by atoms with Crippen LogP contribution in [-0.2, 0) is 9.47 Å². The van der Waals surface area contributed by atoms with E-state index in [9.17, 15) is 20.1 Å². The van der Waals surface area contributed by atoms with Crippen LogP contribution in [0.3, 0.4) is 0 Å². The van der Waals surface area contributed by atoms with Gasteiger partial charge in [0.2, 0.25) is 5.82 Å². The van der Waals surface area contributed by atoms with Crippen LogP contribution in [0.25, 0.3) is 11.2 Å². The fourth-order valence-corrected chi connectivity index (χ4v) is 3.94. The molecule has 6 N–H and O–H groups in total. The van der Waals surface area contributed by atoms with Gasteiger partial charge >= 0.3 is 6.09 Å². The first kappa shape index (κ1) is 23.9. The number of imidazole rings is 1. The van der Waals surface area contributed by atoms with Gasteiger partial charge in [0, 0.05) is 0 Å². The number of carbonyl (C=O) groups excluding carboxylic acids is 1. The van der Waals surface area contributed by atoms with E-state index in [0.717, 1.165) is 32.1 Å². The van der Waals surface area contributed by atoms with Crippen molar-refractivity contribution >= 4 is 23.1 Å². The highest BCUT2D eigenvalue weighted by Crippen LogP contribution is 2.31. The minimum Gasteiger partial charge on any atom is -0.442 e. The van der Waals surface area contributed by atoms with E-state index in [0.29, 0.717) is 0 Å². The molecule has 1 amide bonds. The lowest BCUT2D eigenvalue weighted by atomic mass is 10.0. The fraction of sp³-hybridized carbons (Fsp3) is 0.545. The monoisotopic (exact) mass is 472 g/mol. The molecular formula is C22H28N6O6. The summed E-state index contributed by atoms with van der Waals surface area (Å²) in [5.41, 5.74) is 6.50. The molecule has 4 rings (SSSR count). The van der Waals surface area contributed by atoms with Gasteiger partial charge in [-0.3, -0.25) is 4.57 Å². The Morgan fingerprint density at radius 1 is 1.29 bits per heavy atom. The average Bonchev–Trinajstić information content (AvgIpc) is 3.34. The number of aromatic nitrogens is 4. The lowest BCUT2D eigenvalue weighted by molar-refractivity contribution is -0.0511. The fourth-order valence-electron chi connectivity index (χ4n) is 3.94. The number of nitrogens with one attached hydrogen (secondary N) is 1. The van der Waals surface area contributed by atoms with Crippen molar-refractivity contribution in [1.82, 2.24) is 24.8 Å². The second-order valence-corrected chi connectivity index (χ2v) is 8.15. The lowest BCUT2D eigenvalue weighted by Crippen LogP contribution is -2.33. The molecule has 1 saturated heterocycles. The van der Waals surface area contributed by atoms with E-state index in [1.54, 1.807) is 0 Å². The second kappa shape index (κ2) is 10.8. The van der Waals surface area contributed by atoms with Crippen molar-refractivity contribution in [2.45, 2.75) is 62.7 Å². The topological polar surface area (TPSA) is 178 Å². The number of allylic oxidation sites excluding steroid dienone is 1. The number of nitrogens with zero attached hydrogens (tertiary/aromatic N) is 4. The van der Waals surface area contributed by atoms with Crippen molar-refractivity contribution in [1.29, 1.82) is 0 Å². The van der Waals surface area contributed by atoms with Gasteiger partial charge in [-0.25, -0.2) is 19.7 Å². The zero-order valence-electron chi connectivity index (χ0n) is 18.5. The molecule has 0 bridgehead atoms. The number of anilines is 1. The maximum absolute atomic E-state index is 12.0. The van der Waals surface area contributed by atoms with Gasteiger partial charge < -0.3 is 35.8 Å². The number of ether oxygens (including phenoxy) is 2. The molecule has 12 heteroatoms. The Kier molecular flexibility index (Phi) is 7.59. The summed E-state index contributed by atoms with van der Waals surface area (Å²) in [5, 5.41) is 32.2. The summed E-state index contributed by atoms with van der Waals surface area (Å²) in [5.74, 6) is 5.64. The van der Waals surface area contributed by atoms with E-state index < -0.39 is 37.2 Å². The van der Waals surface area contributed by atoms with Gasteiger partial charge in [-0.2, -0.15) is 0 Å². The van der Waals surface area contributed by atoms with Gasteiger partial charge in [0.1, 0.15) is 29.9 Å². The van der Waals surface area contributed by atoms with Gasteiger partial charge in [-0.1, -0.05) is 18.4 Å². The van der Waals surface area contributed by atoms with E-state index >= 15 is 0 Å². The molecule has 1 aliphatic carbocycles. The van der Waals surface area contributed by atoms with Crippen LogP contribution in [0.15, 0.2) is 18.5 Å². The van der Waals surface area contributed by atoms with Gasteiger partial charge in [-0.05, 0) is 37.7 Å². The van der Waals surface area contributed by atoms with Crippen LogP contribution in [0.4, 0.5) is 10.6 Å². The smallest absolute Gasteiger partial charge is 0.408 e. The largest absolute Gasteiger partial charge is 0.442 e. The molecule has 5 unspecified atom stereocenters. The van der Waals surface area contributed by atoms with Crippen molar-refractivity contribution < 1.29 is 29.6 Å². The molecule has 3 heterocycles. The quantitative estimate of drug-likeness (QED) is 0.300. The molecule has 0 radical (unpaired) electrons. The highest BCUT2D eigenvalue weighted by atomic mass is 16.6. The zero-order chi connectivity index (χ0) is 24.1. The number of nitrogens with two attached hydrogens (primary N) is 1. The van der Waals surface area contributed by atoms with Gasteiger partial charge in [0.05, 0.1) is 19.5 Å². The number of aliphatic hydroxyl groups is 3. The standard InChI is InChI=1S/C22H28N6O6/c23-19-16-20(28(12-25-16)21-18(31)17(30)14(11-29)34-21)27-15(26-19)9-6-10-24-22(32)33-13-7-4-2-1-3-5-8-13/h4,7,12-14,17-18,21,29-31H,1-3,5,8,10-11H2,(H,24,32)(H2,23,26,27)/b7-4+. The third kappa shape index (κ3) is 5.28. The van der Waals surface area contributed by atoms with Crippen LogP contribution in [0, 0.1) is 11.8 Å². The number of alkyl carbamates (subject to hydrolysis) is 1. The van der Waals surface area contributed by atoms with Gasteiger partial charge in [0.15, 0.2) is 17.7 Å².